The second kappa shape index (κ2) is 6.27. The van der Waals surface area contributed by atoms with Gasteiger partial charge in [-0.15, -0.1) is 0 Å². The summed E-state index contributed by atoms with van der Waals surface area (Å²) >= 11 is 10.6. The van der Waals surface area contributed by atoms with Crippen LogP contribution >= 0.6 is 39.3 Å². The molecule has 0 unspecified atom stereocenters. The van der Waals surface area contributed by atoms with Gasteiger partial charge in [-0.2, -0.15) is 0 Å². The fourth-order valence-electron chi connectivity index (χ4n) is 1.42. The number of nitrogens with two attached hydrogens (primary N) is 1. The van der Waals surface area contributed by atoms with Crippen LogP contribution in [0.3, 0.4) is 0 Å². The largest absolute Gasteiger partial charge is 0.409 e. The summed E-state index contributed by atoms with van der Waals surface area (Å²) in [4.78, 5) is 5.03. The average Bonchev–Trinajstić information content (AvgIpc) is 2.41. The average molecular weight is 359 g/mol. The number of nitrogens with zero attached hydrogens (tertiary/aromatic N) is 2. The van der Waals surface area contributed by atoms with Crippen molar-refractivity contribution in [1.29, 1.82) is 0 Å². The molecular formula is C12H9BrClN3OS. The molecule has 19 heavy (non-hydrogen) atoms. The lowest BCUT2D eigenvalue weighted by Crippen LogP contribution is -2.15. The summed E-state index contributed by atoms with van der Waals surface area (Å²) in [5.74, 6) is 0.0453. The van der Waals surface area contributed by atoms with Crippen LogP contribution in [0.5, 0.6) is 0 Å². The molecule has 1 aromatic carbocycles. The van der Waals surface area contributed by atoms with Gasteiger partial charge in [-0.1, -0.05) is 34.6 Å². The molecule has 0 saturated carbocycles. The molecule has 7 heteroatoms. The first-order valence-electron chi connectivity index (χ1n) is 5.17. The third kappa shape index (κ3) is 3.40. The lowest BCUT2D eigenvalue weighted by Gasteiger charge is -2.09. The Hall–Kier alpha value is -1.24. The molecular weight excluding hydrogens is 350 g/mol. The fraction of sp³-hybridized carbons (Fsp3) is 0. The summed E-state index contributed by atoms with van der Waals surface area (Å²) in [6.07, 6.45) is 1.57. The first-order valence-corrected chi connectivity index (χ1v) is 7.16. The zero-order chi connectivity index (χ0) is 13.8. The van der Waals surface area contributed by atoms with Crippen LogP contribution in [0, 0.1) is 0 Å². The highest BCUT2D eigenvalue weighted by Gasteiger charge is 2.12. The molecule has 2 rings (SSSR count). The molecule has 98 valence electrons. The van der Waals surface area contributed by atoms with Crippen LogP contribution in [0.4, 0.5) is 0 Å². The van der Waals surface area contributed by atoms with Crippen molar-refractivity contribution in [2.45, 2.75) is 9.92 Å². The number of hydrogen-bond donors (Lipinski definition) is 2. The van der Waals surface area contributed by atoms with E-state index in [1.807, 2.05) is 24.3 Å². The van der Waals surface area contributed by atoms with Gasteiger partial charge >= 0.3 is 0 Å². The van der Waals surface area contributed by atoms with Crippen LogP contribution in [0.25, 0.3) is 0 Å². The number of oxime groups is 1. The van der Waals surface area contributed by atoms with Crippen LogP contribution in [-0.2, 0) is 0 Å². The van der Waals surface area contributed by atoms with Crippen LogP contribution in [0.15, 0.2) is 56.1 Å². The third-order valence-electron chi connectivity index (χ3n) is 2.25. The van der Waals surface area contributed by atoms with Crippen LogP contribution < -0.4 is 5.73 Å². The Bertz CT molecular complexity index is 619. The number of rotatable bonds is 3. The SMILES string of the molecule is N/C(=N/O)c1c(Br)cccc1Sc1ccc(Cl)cn1. The number of hydrogen-bond acceptors (Lipinski definition) is 4. The van der Waals surface area contributed by atoms with E-state index in [9.17, 15) is 0 Å². The Morgan fingerprint density at radius 2 is 2.16 bits per heavy atom. The second-order valence-electron chi connectivity index (χ2n) is 3.51. The zero-order valence-corrected chi connectivity index (χ0v) is 12.7. The highest BCUT2D eigenvalue weighted by Crippen LogP contribution is 2.33. The van der Waals surface area contributed by atoms with Gasteiger partial charge in [0, 0.05) is 21.1 Å². The van der Waals surface area contributed by atoms with Crippen LogP contribution in [0.1, 0.15) is 5.56 Å². The first kappa shape index (κ1) is 14.2. The number of aromatic nitrogens is 1. The summed E-state index contributed by atoms with van der Waals surface area (Å²) in [6, 6.07) is 9.14. The standard InChI is InChI=1S/C12H9BrClN3OS/c13-8-2-1-3-9(11(8)12(15)17-18)19-10-5-4-7(14)6-16-10/h1-6,18H,(H2,15,17). The summed E-state index contributed by atoms with van der Waals surface area (Å²) in [5, 5.41) is 13.2. The first-order chi connectivity index (χ1) is 9.11. The molecule has 0 aliphatic heterocycles. The molecule has 1 aromatic heterocycles. The van der Waals surface area contributed by atoms with Crippen molar-refractivity contribution in [3.63, 3.8) is 0 Å². The Kier molecular flexibility index (Phi) is 4.68. The molecule has 0 saturated heterocycles. The van der Waals surface area contributed by atoms with Gasteiger partial charge in [0.25, 0.3) is 0 Å². The van der Waals surface area contributed by atoms with Gasteiger partial charge in [0.1, 0.15) is 5.03 Å². The van der Waals surface area contributed by atoms with E-state index >= 15 is 0 Å². The molecule has 2 aromatic rings. The quantitative estimate of drug-likeness (QED) is 0.379. The maximum atomic E-state index is 8.84. The summed E-state index contributed by atoms with van der Waals surface area (Å²) in [5.41, 5.74) is 6.32. The summed E-state index contributed by atoms with van der Waals surface area (Å²) in [7, 11) is 0. The highest BCUT2D eigenvalue weighted by atomic mass is 79.9. The Labute approximate surface area is 127 Å². The van der Waals surface area contributed by atoms with Crippen LogP contribution in [-0.4, -0.2) is 16.0 Å². The van der Waals surface area contributed by atoms with E-state index in [1.165, 1.54) is 11.8 Å². The van der Waals surface area contributed by atoms with E-state index < -0.39 is 0 Å². The molecule has 0 bridgehead atoms. The molecule has 3 N–H and O–H groups in total. The normalized spacial score (nSPS) is 11.6. The lowest BCUT2D eigenvalue weighted by atomic mass is 10.2. The van der Waals surface area contributed by atoms with E-state index in [2.05, 4.69) is 26.1 Å². The number of pyridine rings is 1. The minimum atomic E-state index is 0.0453. The number of halogens is 2. The molecule has 0 aliphatic rings. The Morgan fingerprint density at radius 1 is 1.37 bits per heavy atom. The van der Waals surface area contributed by atoms with Crippen molar-refractivity contribution in [1.82, 2.24) is 4.98 Å². The second-order valence-corrected chi connectivity index (χ2v) is 5.87. The van der Waals surface area contributed by atoms with Gasteiger partial charge in [0.05, 0.1) is 5.02 Å². The lowest BCUT2D eigenvalue weighted by molar-refractivity contribution is 0.318. The molecule has 0 fully saturated rings. The van der Waals surface area contributed by atoms with E-state index in [-0.39, 0.29) is 5.84 Å². The maximum absolute atomic E-state index is 8.84. The minimum Gasteiger partial charge on any atom is -0.409 e. The predicted molar refractivity (Wildman–Crippen MR) is 80.0 cm³/mol. The molecule has 0 radical (unpaired) electrons. The topological polar surface area (TPSA) is 71.5 Å². The predicted octanol–water partition coefficient (Wildman–Crippen LogP) is 3.74. The fourth-order valence-corrected chi connectivity index (χ4v) is 3.17. The van der Waals surface area contributed by atoms with E-state index in [1.54, 1.807) is 12.3 Å². The molecule has 0 spiro atoms. The molecule has 0 atom stereocenters. The zero-order valence-electron chi connectivity index (χ0n) is 9.55. The van der Waals surface area contributed by atoms with Crippen molar-refractivity contribution < 1.29 is 5.21 Å². The Morgan fingerprint density at radius 3 is 2.79 bits per heavy atom. The minimum absolute atomic E-state index is 0.0453. The van der Waals surface area contributed by atoms with Crippen molar-refractivity contribution >= 4 is 45.1 Å². The van der Waals surface area contributed by atoms with Crippen molar-refractivity contribution in [2.75, 3.05) is 0 Å². The van der Waals surface area contributed by atoms with Crippen LogP contribution in [0.2, 0.25) is 5.02 Å². The summed E-state index contributed by atoms with van der Waals surface area (Å²) < 4.78 is 0.752. The van der Waals surface area contributed by atoms with Gasteiger partial charge in [0.2, 0.25) is 0 Å². The summed E-state index contributed by atoms with van der Waals surface area (Å²) in [6.45, 7) is 0. The van der Waals surface area contributed by atoms with Gasteiger partial charge in [-0.3, -0.25) is 0 Å². The highest BCUT2D eigenvalue weighted by molar-refractivity contribution is 9.10. The van der Waals surface area contributed by atoms with E-state index in [0.717, 1.165) is 14.4 Å². The van der Waals surface area contributed by atoms with E-state index in [0.29, 0.717) is 10.6 Å². The molecule has 0 aliphatic carbocycles. The van der Waals surface area contributed by atoms with Crippen molar-refractivity contribution in [3.05, 3.63) is 51.6 Å². The van der Waals surface area contributed by atoms with Gasteiger partial charge < -0.3 is 10.9 Å². The maximum Gasteiger partial charge on any atom is 0.172 e. The molecule has 4 nitrogen and oxygen atoms in total. The van der Waals surface area contributed by atoms with Crippen molar-refractivity contribution in [2.24, 2.45) is 10.9 Å². The molecule has 0 amide bonds. The van der Waals surface area contributed by atoms with Gasteiger partial charge in [-0.05, 0) is 40.2 Å². The third-order valence-corrected chi connectivity index (χ3v) is 4.15. The number of benzene rings is 1. The smallest absolute Gasteiger partial charge is 0.172 e. The Balaban J connectivity index is 2.40. The van der Waals surface area contributed by atoms with Crippen molar-refractivity contribution in [3.8, 4) is 0 Å². The monoisotopic (exact) mass is 357 g/mol. The van der Waals surface area contributed by atoms with E-state index in [4.69, 9.17) is 22.5 Å². The number of amidine groups is 1. The van der Waals surface area contributed by atoms with Gasteiger partial charge in [-0.25, -0.2) is 4.98 Å². The molecule has 1 heterocycles. The van der Waals surface area contributed by atoms with Gasteiger partial charge in [0.15, 0.2) is 5.84 Å².